The number of ether oxygens (including phenoxy) is 2. The molecule has 0 saturated carbocycles. The first-order chi connectivity index (χ1) is 15.0. The Morgan fingerprint density at radius 1 is 1.16 bits per heavy atom. The van der Waals surface area contributed by atoms with Crippen molar-refractivity contribution in [1.29, 1.82) is 0 Å². The summed E-state index contributed by atoms with van der Waals surface area (Å²) in [6, 6.07) is 15.4. The summed E-state index contributed by atoms with van der Waals surface area (Å²) in [7, 11) is 1.62. The average molecular weight is 423 g/mol. The Morgan fingerprint density at radius 2 is 1.94 bits per heavy atom. The average Bonchev–Trinajstić information content (AvgIpc) is 3.24. The fraction of sp³-hybridized carbons (Fsp3) is 0.333. The van der Waals surface area contributed by atoms with Crippen LogP contribution in [0.1, 0.15) is 44.4 Å². The van der Waals surface area contributed by atoms with Gasteiger partial charge in [0, 0.05) is 6.04 Å². The van der Waals surface area contributed by atoms with E-state index in [-0.39, 0.29) is 18.1 Å². The van der Waals surface area contributed by atoms with E-state index in [4.69, 9.17) is 9.47 Å². The molecule has 2 aromatic rings. The van der Waals surface area contributed by atoms with Crippen LogP contribution in [0, 0.1) is 0 Å². The molecule has 0 aromatic heterocycles. The third-order valence-corrected chi connectivity index (χ3v) is 4.81. The van der Waals surface area contributed by atoms with Crippen molar-refractivity contribution in [2.24, 2.45) is 5.10 Å². The zero-order chi connectivity index (χ0) is 22.2. The Bertz CT molecular complexity index is 941. The quantitative estimate of drug-likeness (QED) is 0.447. The lowest BCUT2D eigenvalue weighted by Gasteiger charge is -2.16. The Hall–Kier alpha value is -3.16. The molecule has 7 heteroatoms. The molecule has 0 aliphatic carbocycles. The molecule has 3 N–H and O–H groups in total. The summed E-state index contributed by atoms with van der Waals surface area (Å²) >= 11 is 0. The second-order valence-corrected chi connectivity index (χ2v) is 7.74. The van der Waals surface area contributed by atoms with Crippen LogP contribution in [0.25, 0.3) is 6.08 Å². The molecule has 0 bridgehead atoms. The van der Waals surface area contributed by atoms with Gasteiger partial charge < -0.3 is 9.47 Å². The van der Waals surface area contributed by atoms with E-state index < -0.39 is 6.04 Å². The van der Waals surface area contributed by atoms with E-state index in [9.17, 15) is 4.79 Å². The molecular weight excluding hydrogens is 392 g/mol. The zero-order valence-corrected chi connectivity index (χ0v) is 18.4. The van der Waals surface area contributed by atoms with Crippen molar-refractivity contribution in [3.05, 3.63) is 65.2 Å². The SMILES string of the molecule is COc1cc(C2CC(C(=O)N/N=C/C(C)=C/c3ccccc3)NN2)ccc1OC(C)C. The van der Waals surface area contributed by atoms with Crippen LogP contribution in [0.4, 0.5) is 0 Å². The number of hydrogen-bond acceptors (Lipinski definition) is 6. The van der Waals surface area contributed by atoms with Crippen LogP contribution in [0.15, 0.2) is 59.2 Å². The number of nitrogens with zero attached hydrogens (tertiary/aromatic N) is 1. The molecular formula is C24H30N4O3. The predicted molar refractivity (Wildman–Crippen MR) is 123 cm³/mol. The minimum absolute atomic E-state index is 0.0264. The van der Waals surface area contributed by atoms with Gasteiger partial charge in [0.15, 0.2) is 11.5 Å². The van der Waals surface area contributed by atoms with Gasteiger partial charge in [-0.3, -0.25) is 4.79 Å². The Morgan fingerprint density at radius 3 is 2.65 bits per heavy atom. The Balaban J connectivity index is 1.55. The molecule has 2 unspecified atom stereocenters. The monoisotopic (exact) mass is 422 g/mol. The normalized spacial score (nSPS) is 19.1. The number of rotatable bonds is 8. The summed E-state index contributed by atoms with van der Waals surface area (Å²) < 4.78 is 11.2. The zero-order valence-electron chi connectivity index (χ0n) is 18.4. The number of carbonyl (C=O) groups is 1. The van der Waals surface area contributed by atoms with Gasteiger partial charge in [-0.1, -0.05) is 42.5 Å². The maximum Gasteiger partial charge on any atom is 0.258 e. The summed E-state index contributed by atoms with van der Waals surface area (Å²) in [5.41, 5.74) is 11.9. The van der Waals surface area contributed by atoms with E-state index in [2.05, 4.69) is 21.4 Å². The lowest BCUT2D eigenvalue weighted by molar-refractivity contribution is -0.122. The van der Waals surface area contributed by atoms with Gasteiger partial charge >= 0.3 is 0 Å². The van der Waals surface area contributed by atoms with Gasteiger partial charge in [-0.05, 0) is 56.0 Å². The molecule has 0 spiro atoms. The molecule has 0 radical (unpaired) electrons. The Labute approximate surface area is 183 Å². The van der Waals surface area contributed by atoms with E-state index in [1.165, 1.54) is 0 Å². The van der Waals surface area contributed by atoms with Gasteiger partial charge in [-0.25, -0.2) is 16.3 Å². The highest BCUT2D eigenvalue weighted by molar-refractivity contribution is 5.87. The van der Waals surface area contributed by atoms with E-state index in [0.717, 1.165) is 16.7 Å². The van der Waals surface area contributed by atoms with Gasteiger partial charge in [0.05, 0.1) is 19.4 Å². The molecule has 1 aliphatic heterocycles. The van der Waals surface area contributed by atoms with Crippen molar-refractivity contribution in [2.75, 3.05) is 7.11 Å². The van der Waals surface area contributed by atoms with Crippen LogP contribution in [0.5, 0.6) is 11.5 Å². The minimum Gasteiger partial charge on any atom is -0.493 e. The maximum atomic E-state index is 12.5. The first-order valence-corrected chi connectivity index (χ1v) is 10.4. The fourth-order valence-electron chi connectivity index (χ4n) is 3.32. The molecule has 2 atom stereocenters. The number of hydrazone groups is 1. The van der Waals surface area contributed by atoms with Crippen LogP contribution < -0.4 is 25.8 Å². The van der Waals surface area contributed by atoms with Gasteiger partial charge in [0.2, 0.25) is 0 Å². The summed E-state index contributed by atoms with van der Waals surface area (Å²) in [5.74, 6) is 1.19. The first kappa shape index (κ1) is 22.5. The third kappa shape index (κ3) is 6.41. The number of allylic oxidation sites excluding steroid dienone is 1. The van der Waals surface area contributed by atoms with Crippen LogP contribution in [-0.2, 0) is 4.79 Å². The van der Waals surface area contributed by atoms with Crippen molar-refractivity contribution in [1.82, 2.24) is 16.3 Å². The topological polar surface area (TPSA) is 84.0 Å². The van der Waals surface area contributed by atoms with Crippen LogP contribution in [0.2, 0.25) is 0 Å². The van der Waals surface area contributed by atoms with Crippen molar-refractivity contribution in [3.63, 3.8) is 0 Å². The molecule has 164 valence electrons. The predicted octanol–water partition coefficient (Wildman–Crippen LogP) is 3.60. The Kier molecular flexibility index (Phi) is 7.81. The smallest absolute Gasteiger partial charge is 0.258 e. The molecule has 1 fully saturated rings. The van der Waals surface area contributed by atoms with Crippen LogP contribution >= 0.6 is 0 Å². The number of methoxy groups -OCH3 is 1. The van der Waals surface area contributed by atoms with Crippen LogP contribution in [-0.4, -0.2) is 31.4 Å². The number of nitrogens with one attached hydrogen (secondary N) is 3. The van der Waals surface area contributed by atoms with Gasteiger partial charge in [-0.15, -0.1) is 0 Å². The number of carbonyl (C=O) groups excluding carboxylic acids is 1. The number of benzene rings is 2. The van der Waals surface area contributed by atoms with E-state index in [1.54, 1.807) is 13.3 Å². The van der Waals surface area contributed by atoms with Gasteiger partial charge in [0.25, 0.3) is 5.91 Å². The highest BCUT2D eigenvalue weighted by Crippen LogP contribution is 2.33. The third-order valence-electron chi connectivity index (χ3n) is 4.81. The second-order valence-electron chi connectivity index (χ2n) is 7.74. The largest absolute Gasteiger partial charge is 0.493 e. The molecule has 7 nitrogen and oxygen atoms in total. The second kappa shape index (κ2) is 10.7. The van der Waals surface area contributed by atoms with Crippen molar-refractivity contribution < 1.29 is 14.3 Å². The van der Waals surface area contributed by atoms with Gasteiger partial charge in [-0.2, -0.15) is 5.10 Å². The molecule has 3 rings (SSSR count). The van der Waals surface area contributed by atoms with E-state index in [1.807, 2.05) is 75.4 Å². The molecule has 1 amide bonds. The van der Waals surface area contributed by atoms with E-state index >= 15 is 0 Å². The van der Waals surface area contributed by atoms with E-state index in [0.29, 0.717) is 17.9 Å². The first-order valence-electron chi connectivity index (χ1n) is 10.4. The van der Waals surface area contributed by atoms with Crippen molar-refractivity contribution in [2.45, 2.75) is 45.4 Å². The maximum absolute atomic E-state index is 12.5. The molecule has 1 saturated heterocycles. The highest BCUT2D eigenvalue weighted by atomic mass is 16.5. The highest BCUT2D eigenvalue weighted by Gasteiger charge is 2.30. The summed E-state index contributed by atoms with van der Waals surface area (Å²) in [6.07, 6.45) is 4.29. The number of hydrazine groups is 1. The van der Waals surface area contributed by atoms with Crippen molar-refractivity contribution >= 4 is 18.2 Å². The standard InChI is InChI=1S/C24H30N4O3/c1-16(2)31-22-11-10-19(13-23(22)30-4)20-14-21(27-26-20)24(29)28-25-15-17(3)12-18-8-6-5-7-9-18/h5-13,15-16,20-21,26-27H,14H2,1-4H3,(H,28,29)/b17-12+,25-15+. The number of amides is 1. The molecule has 1 heterocycles. The lowest BCUT2D eigenvalue weighted by atomic mass is 10.0. The molecule has 1 aliphatic rings. The molecule has 2 aromatic carbocycles. The summed E-state index contributed by atoms with van der Waals surface area (Å²) in [4.78, 5) is 12.5. The minimum atomic E-state index is -0.391. The number of hydrogen-bond donors (Lipinski definition) is 3. The van der Waals surface area contributed by atoms with Crippen molar-refractivity contribution in [3.8, 4) is 11.5 Å². The summed E-state index contributed by atoms with van der Waals surface area (Å²) in [6.45, 7) is 5.88. The van der Waals surface area contributed by atoms with Gasteiger partial charge in [0.1, 0.15) is 6.04 Å². The van der Waals surface area contributed by atoms with Crippen LogP contribution in [0.3, 0.4) is 0 Å². The lowest BCUT2D eigenvalue weighted by Crippen LogP contribution is -2.41. The summed E-state index contributed by atoms with van der Waals surface area (Å²) in [5, 5.41) is 4.08. The molecule has 31 heavy (non-hydrogen) atoms. The fourth-order valence-corrected chi connectivity index (χ4v) is 3.32.